The number of aliphatic hydroxyl groups excluding tert-OH is 1. The number of hydrogen-bond acceptors (Lipinski definition) is 2. The van der Waals surface area contributed by atoms with Gasteiger partial charge >= 0.3 is 12.4 Å². The molecule has 1 atom stereocenters. The molecule has 0 aromatic heterocycles. The number of hydrogen-bond donors (Lipinski definition) is 1. The van der Waals surface area contributed by atoms with E-state index in [1.165, 1.54) is 12.1 Å². The maximum absolute atomic E-state index is 13.3. The Morgan fingerprint density at radius 3 is 1.87 bits per heavy atom. The first kappa shape index (κ1) is 23.3. The van der Waals surface area contributed by atoms with Gasteiger partial charge < -0.3 is 10.0 Å². The van der Waals surface area contributed by atoms with Crippen molar-refractivity contribution in [1.29, 1.82) is 0 Å². The molecule has 3 rings (SSSR count). The summed E-state index contributed by atoms with van der Waals surface area (Å²) in [6.45, 7) is 6.13. The molecule has 0 spiro atoms. The van der Waals surface area contributed by atoms with Gasteiger partial charge in [-0.15, -0.1) is 0 Å². The summed E-state index contributed by atoms with van der Waals surface area (Å²) in [5.41, 5.74) is -1.48. The van der Waals surface area contributed by atoms with Gasteiger partial charge in [-0.1, -0.05) is 26.0 Å². The minimum absolute atomic E-state index is 0.0373. The number of aliphatic hydroxyl groups is 1. The molecule has 0 heterocycles. The minimum atomic E-state index is -4.64. The predicted octanol–water partition coefficient (Wildman–Crippen LogP) is 6.80. The van der Waals surface area contributed by atoms with Gasteiger partial charge in [0.1, 0.15) is 0 Å². The molecule has 8 heteroatoms. The monoisotopic (exact) mass is 443 g/mol. The normalized spacial score (nSPS) is 14.0. The van der Waals surface area contributed by atoms with Gasteiger partial charge in [0.2, 0.25) is 0 Å². The molecule has 2 nitrogen and oxygen atoms in total. The predicted molar refractivity (Wildman–Crippen MR) is 109 cm³/mol. The topological polar surface area (TPSA) is 23.5 Å². The SMILES string of the molecule is CCN(CC)CCC(O)c1cc2ccc(C(F)(F)F)cc2c2cc(C(F)(F)F)ccc12. The lowest BCUT2D eigenvalue weighted by molar-refractivity contribution is -0.138. The minimum Gasteiger partial charge on any atom is -0.388 e. The van der Waals surface area contributed by atoms with E-state index < -0.39 is 29.6 Å². The van der Waals surface area contributed by atoms with Gasteiger partial charge in [0.15, 0.2) is 0 Å². The van der Waals surface area contributed by atoms with Crippen molar-refractivity contribution in [3.05, 3.63) is 59.2 Å². The van der Waals surface area contributed by atoms with E-state index >= 15 is 0 Å². The quantitative estimate of drug-likeness (QED) is 0.335. The Morgan fingerprint density at radius 1 is 0.774 bits per heavy atom. The third kappa shape index (κ3) is 4.96. The third-order valence-corrected chi connectivity index (χ3v) is 5.61. The lowest BCUT2D eigenvalue weighted by Gasteiger charge is -2.22. The van der Waals surface area contributed by atoms with Crippen LogP contribution in [-0.2, 0) is 12.4 Å². The zero-order valence-electron chi connectivity index (χ0n) is 17.1. The van der Waals surface area contributed by atoms with Crippen LogP contribution >= 0.6 is 0 Å². The summed E-state index contributed by atoms with van der Waals surface area (Å²) in [4.78, 5) is 2.10. The van der Waals surface area contributed by atoms with E-state index in [1.54, 1.807) is 6.07 Å². The second kappa shape index (κ2) is 8.67. The summed E-state index contributed by atoms with van der Waals surface area (Å²) in [6.07, 6.45) is -9.88. The largest absolute Gasteiger partial charge is 0.416 e. The summed E-state index contributed by atoms with van der Waals surface area (Å²) in [6, 6.07) is 7.54. The zero-order valence-corrected chi connectivity index (χ0v) is 17.1. The van der Waals surface area contributed by atoms with Crippen LogP contribution in [0.3, 0.4) is 0 Å². The number of halogens is 6. The molecule has 0 bridgehead atoms. The fourth-order valence-electron chi connectivity index (χ4n) is 3.81. The lowest BCUT2D eigenvalue weighted by Crippen LogP contribution is -2.25. The molecule has 3 aromatic rings. The van der Waals surface area contributed by atoms with Gasteiger partial charge in [-0.3, -0.25) is 0 Å². The van der Waals surface area contributed by atoms with E-state index in [0.29, 0.717) is 29.3 Å². The van der Waals surface area contributed by atoms with Crippen LogP contribution in [-0.4, -0.2) is 29.6 Å². The summed E-state index contributed by atoms with van der Waals surface area (Å²) in [5, 5.41) is 11.6. The van der Waals surface area contributed by atoms with Gasteiger partial charge in [0.25, 0.3) is 0 Å². The zero-order chi connectivity index (χ0) is 23.0. The van der Waals surface area contributed by atoms with E-state index in [0.717, 1.165) is 37.4 Å². The smallest absolute Gasteiger partial charge is 0.388 e. The first-order valence-electron chi connectivity index (χ1n) is 10.0. The van der Waals surface area contributed by atoms with E-state index in [9.17, 15) is 31.4 Å². The summed E-state index contributed by atoms with van der Waals surface area (Å²) in [7, 11) is 0. The highest BCUT2D eigenvalue weighted by molar-refractivity contribution is 6.09. The molecule has 0 saturated carbocycles. The highest BCUT2D eigenvalue weighted by Crippen LogP contribution is 2.39. The van der Waals surface area contributed by atoms with Crippen LogP contribution < -0.4 is 0 Å². The fourth-order valence-corrected chi connectivity index (χ4v) is 3.81. The molecule has 1 N–H and O–H groups in total. The van der Waals surface area contributed by atoms with E-state index in [4.69, 9.17) is 0 Å². The maximum Gasteiger partial charge on any atom is 0.416 e. The molecule has 0 fully saturated rings. The number of benzene rings is 3. The van der Waals surface area contributed by atoms with Crippen LogP contribution in [0.5, 0.6) is 0 Å². The summed E-state index contributed by atoms with van der Waals surface area (Å²) < 4.78 is 79.5. The highest BCUT2D eigenvalue weighted by Gasteiger charge is 2.32. The van der Waals surface area contributed by atoms with Gasteiger partial charge in [-0.2, -0.15) is 26.3 Å². The molecule has 168 valence electrons. The first-order valence-corrected chi connectivity index (χ1v) is 10.0. The van der Waals surface area contributed by atoms with Crippen LogP contribution in [0.15, 0.2) is 42.5 Å². The molecule has 31 heavy (non-hydrogen) atoms. The van der Waals surface area contributed by atoms with E-state index in [1.807, 2.05) is 13.8 Å². The van der Waals surface area contributed by atoms with Crippen LogP contribution in [0.2, 0.25) is 0 Å². The molecule has 0 saturated heterocycles. The summed E-state index contributed by atoms with van der Waals surface area (Å²) >= 11 is 0. The molecule has 3 aromatic carbocycles. The molecule has 1 unspecified atom stereocenters. The molecule has 0 radical (unpaired) electrons. The number of fused-ring (bicyclic) bond motifs is 3. The average molecular weight is 443 g/mol. The van der Waals surface area contributed by atoms with Crippen LogP contribution in [0.25, 0.3) is 21.5 Å². The van der Waals surface area contributed by atoms with Crippen molar-refractivity contribution in [1.82, 2.24) is 4.90 Å². The standard InChI is InChI=1S/C23H23F6NO/c1-3-30(4-2)10-9-21(31)20-11-14-5-6-15(22(24,25)26)12-18(14)19-13-16(23(27,28)29)7-8-17(19)20/h5-8,11-13,21,31H,3-4,9-10H2,1-2H3. The van der Waals surface area contributed by atoms with Crippen LogP contribution in [0.4, 0.5) is 26.3 Å². The fraction of sp³-hybridized carbons (Fsp3) is 0.391. The Bertz CT molecular complexity index is 1070. The number of nitrogens with zero attached hydrogens (tertiary/aromatic N) is 1. The van der Waals surface area contributed by atoms with Crippen molar-refractivity contribution in [3.63, 3.8) is 0 Å². The van der Waals surface area contributed by atoms with Crippen molar-refractivity contribution in [3.8, 4) is 0 Å². The Hall–Kier alpha value is -2.32. The maximum atomic E-state index is 13.3. The van der Waals surface area contributed by atoms with E-state index in [-0.39, 0.29) is 10.8 Å². The number of alkyl halides is 6. The van der Waals surface area contributed by atoms with Crippen molar-refractivity contribution < 1.29 is 31.4 Å². The Labute approximate surface area is 176 Å². The Morgan fingerprint density at radius 2 is 1.32 bits per heavy atom. The van der Waals surface area contributed by atoms with Gasteiger partial charge in [-0.05, 0) is 77.0 Å². The highest BCUT2D eigenvalue weighted by atomic mass is 19.4. The summed E-state index contributed by atoms with van der Waals surface area (Å²) in [5.74, 6) is 0. The van der Waals surface area contributed by atoms with Crippen LogP contribution in [0.1, 0.15) is 43.1 Å². The Kier molecular flexibility index (Phi) is 6.53. The molecule has 0 aliphatic heterocycles. The van der Waals surface area contributed by atoms with Crippen LogP contribution in [0, 0.1) is 0 Å². The van der Waals surface area contributed by atoms with Gasteiger partial charge in [0, 0.05) is 6.54 Å². The van der Waals surface area contributed by atoms with Crippen molar-refractivity contribution >= 4 is 21.5 Å². The molecular formula is C23H23F6NO. The molecule has 0 amide bonds. The average Bonchev–Trinajstić information content (AvgIpc) is 2.71. The van der Waals surface area contributed by atoms with Crippen molar-refractivity contribution in [2.45, 2.75) is 38.7 Å². The van der Waals surface area contributed by atoms with Gasteiger partial charge in [-0.25, -0.2) is 0 Å². The van der Waals surface area contributed by atoms with Gasteiger partial charge in [0.05, 0.1) is 17.2 Å². The second-order valence-electron chi connectivity index (χ2n) is 7.49. The Balaban J connectivity index is 2.21. The van der Waals surface area contributed by atoms with Crippen molar-refractivity contribution in [2.75, 3.05) is 19.6 Å². The lowest BCUT2D eigenvalue weighted by atomic mass is 9.91. The second-order valence-corrected chi connectivity index (χ2v) is 7.49. The van der Waals surface area contributed by atoms with E-state index in [2.05, 4.69) is 4.90 Å². The van der Waals surface area contributed by atoms with Crippen molar-refractivity contribution in [2.24, 2.45) is 0 Å². The third-order valence-electron chi connectivity index (χ3n) is 5.61. The molecule has 0 aliphatic rings. The molecular weight excluding hydrogens is 420 g/mol. The first-order chi connectivity index (χ1) is 14.5. The molecule has 0 aliphatic carbocycles. The number of rotatable bonds is 6.